The van der Waals surface area contributed by atoms with E-state index in [9.17, 15) is 14.0 Å². The zero-order valence-corrected chi connectivity index (χ0v) is 18.9. The van der Waals surface area contributed by atoms with Gasteiger partial charge in [-0.15, -0.1) is 0 Å². The van der Waals surface area contributed by atoms with Crippen molar-refractivity contribution >= 4 is 11.8 Å². The number of rotatable bonds is 11. The van der Waals surface area contributed by atoms with Crippen LogP contribution < -0.4 is 10.1 Å². The van der Waals surface area contributed by atoms with Gasteiger partial charge >= 0.3 is 0 Å². The molecule has 6 heteroatoms. The number of hydrogen-bond acceptors (Lipinski definition) is 3. The van der Waals surface area contributed by atoms with Crippen LogP contribution in [0, 0.1) is 12.7 Å². The summed E-state index contributed by atoms with van der Waals surface area (Å²) in [7, 11) is 0. The van der Waals surface area contributed by atoms with Crippen molar-refractivity contribution in [3.63, 3.8) is 0 Å². The predicted octanol–water partition coefficient (Wildman–Crippen LogP) is 4.63. The lowest BCUT2D eigenvalue weighted by Crippen LogP contribution is -2.50. The van der Waals surface area contributed by atoms with E-state index in [1.807, 2.05) is 52.0 Å². The summed E-state index contributed by atoms with van der Waals surface area (Å²) in [5, 5.41) is 2.90. The van der Waals surface area contributed by atoms with Crippen LogP contribution in [0.25, 0.3) is 0 Å². The molecule has 2 aromatic carbocycles. The second-order valence-corrected chi connectivity index (χ2v) is 8.00. The highest BCUT2D eigenvalue weighted by Crippen LogP contribution is 2.16. The number of halogens is 1. The number of aryl methyl sites for hydroxylation is 1. The highest BCUT2D eigenvalue weighted by molar-refractivity contribution is 5.87. The van der Waals surface area contributed by atoms with Gasteiger partial charge in [0, 0.05) is 19.0 Å². The average Bonchev–Trinajstić information content (AvgIpc) is 2.73. The first-order valence-corrected chi connectivity index (χ1v) is 10.8. The van der Waals surface area contributed by atoms with Crippen LogP contribution in [0.2, 0.25) is 0 Å². The highest BCUT2D eigenvalue weighted by Gasteiger charge is 2.28. The molecule has 0 saturated heterocycles. The van der Waals surface area contributed by atoms with Gasteiger partial charge < -0.3 is 15.0 Å². The second-order valence-electron chi connectivity index (χ2n) is 8.00. The summed E-state index contributed by atoms with van der Waals surface area (Å²) >= 11 is 0. The SMILES string of the molecule is CCC(C(=O)NC(C)C)N(Cc1ccc(F)cc1)C(=O)CCCOc1ccc(C)cc1. The Hall–Kier alpha value is -2.89. The van der Waals surface area contributed by atoms with E-state index in [0.717, 1.165) is 16.9 Å². The van der Waals surface area contributed by atoms with Gasteiger partial charge in [-0.05, 0) is 63.4 Å². The molecule has 2 amide bonds. The normalized spacial score (nSPS) is 11.8. The van der Waals surface area contributed by atoms with Crippen molar-refractivity contribution in [1.29, 1.82) is 0 Å². The van der Waals surface area contributed by atoms with Crippen molar-refractivity contribution in [2.24, 2.45) is 0 Å². The third-order valence-electron chi connectivity index (χ3n) is 4.91. The van der Waals surface area contributed by atoms with Crippen molar-refractivity contribution < 1.29 is 18.7 Å². The lowest BCUT2D eigenvalue weighted by molar-refractivity contribution is -0.141. The molecule has 1 atom stereocenters. The van der Waals surface area contributed by atoms with E-state index in [2.05, 4.69) is 5.32 Å². The Bertz CT molecular complexity index is 835. The molecule has 0 bridgehead atoms. The van der Waals surface area contributed by atoms with Crippen LogP contribution in [0.1, 0.15) is 51.2 Å². The second kappa shape index (κ2) is 12.1. The van der Waals surface area contributed by atoms with Crippen molar-refractivity contribution in [3.05, 3.63) is 65.5 Å². The van der Waals surface area contributed by atoms with Gasteiger partial charge in [-0.25, -0.2) is 4.39 Å². The van der Waals surface area contributed by atoms with Crippen LogP contribution in [0.15, 0.2) is 48.5 Å². The Morgan fingerprint density at radius 1 is 1.06 bits per heavy atom. The van der Waals surface area contributed by atoms with E-state index >= 15 is 0 Å². The number of nitrogens with zero attached hydrogens (tertiary/aromatic N) is 1. The molecular formula is C25H33FN2O3. The van der Waals surface area contributed by atoms with Crippen LogP contribution in [-0.2, 0) is 16.1 Å². The molecule has 0 radical (unpaired) electrons. The van der Waals surface area contributed by atoms with Gasteiger partial charge in [-0.2, -0.15) is 0 Å². The van der Waals surface area contributed by atoms with Gasteiger partial charge in [0.25, 0.3) is 0 Å². The minimum Gasteiger partial charge on any atom is -0.494 e. The number of carbonyl (C=O) groups excluding carboxylic acids is 2. The van der Waals surface area contributed by atoms with Crippen molar-refractivity contribution in [2.75, 3.05) is 6.61 Å². The van der Waals surface area contributed by atoms with E-state index in [4.69, 9.17) is 4.74 Å². The fourth-order valence-corrected chi connectivity index (χ4v) is 3.28. The summed E-state index contributed by atoms with van der Waals surface area (Å²) in [6.45, 7) is 8.34. The average molecular weight is 429 g/mol. The van der Waals surface area contributed by atoms with Crippen LogP contribution in [-0.4, -0.2) is 35.4 Å². The summed E-state index contributed by atoms with van der Waals surface area (Å²) in [5.74, 6) is 0.134. The van der Waals surface area contributed by atoms with Gasteiger partial charge in [0.1, 0.15) is 17.6 Å². The minimum atomic E-state index is -0.585. The zero-order valence-electron chi connectivity index (χ0n) is 18.9. The number of nitrogens with one attached hydrogen (secondary N) is 1. The molecule has 2 aromatic rings. The maximum Gasteiger partial charge on any atom is 0.243 e. The number of hydrogen-bond donors (Lipinski definition) is 1. The fraction of sp³-hybridized carbons (Fsp3) is 0.440. The van der Waals surface area contributed by atoms with Crippen LogP contribution in [0.3, 0.4) is 0 Å². The summed E-state index contributed by atoms with van der Waals surface area (Å²) in [6, 6.07) is 13.2. The summed E-state index contributed by atoms with van der Waals surface area (Å²) in [4.78, 5) is 27.4. The first-order chi connectivity index (χ1) is 14.8. The number of ether oxygens (including phenoxy) is 1. The summed E-state index contributed by atoms with van der Waals surface area (Å²) in [5.41, 5.74) is 1.94. The molecule has 1 N–H and O–H groups in total. The Morgan fingerprint density at radius 2 is 1.71 bits per heavy atom. The van der Waals surface area contributed by atoms with Gasteiger partial charge in [-0.1, -0.05) is 36.8 Å². The molecule has 168 valence electrons. The van der Waals surface area contributed by atoms with Crippen molar-refractivity contribution in [2.45, 2.75) is 65.6 Å². The van der Waals surface area contributed by atoms with Crippen LogP contribution in [0.5, 0.6) is 5.75 Å². The quantitative estimate of drug-likeness (QED) is 0.531. The van der Waals surface area contributed by atoms with Gasteiger partial charge in [-0.3, -0.25) is 9.59 Å². The predicted molar refractivity (Wildman–Crippen MR) is 120 cm³/mol. The van der Waals surface area contributed by atoms with Gasteiger partial charge in [0.2, 0.25) is 11.8 Å². The van der Waals surface area contributed by atoms with E-state index < -0.39 is 6.04 Å². The molecule has 0 aliphatic carbocycles. The van der Waals surface area contributed by atoms with E-state index in [-0.39, 0.29) is 36.6 Å². The first kappa shape index (κ1) is 24.4. The largest absolute Gasteiger partial charge is 0.494 e. The smallest absolute Gasteiger partial charge is 0.243 e. The molecule has 0 aliphatic rings. The molecule has 0 aromatic heterocycles. The van der Waals surface area contributed by atoms with E-state index in [0.29, 0.717) is 19.4 Å². The molecule has 0 heterocycles. The van der Waals surface area contributed by atoms with E-state index in [1.165, 1.54) is 12.1 Å². The standard InChI is InChI=1S/C25H33FN2O3/c1-5-23(25(30)27-18(2)3)28(17-20-10-12-21(26)13-11-20)24(29)7-6-16-31-22-14-8-19(4)9-15-22/h8-15,18,23H,5-7,16-17H2,1-4H3,(H,27,30). The molecule has 1 unspecified atom stereocenters. The fourth-order valence-electron chi connectivity index (χ4n) is 3.28. The Kier molecular flexibility index (Phi) is 9.50. The van der Waals surface area contributed by atoms with Crippen molar-refractivity contribution in [3.8, 4) is 5.75 Å². The lowest BCUT2D eigenvalue weighted by Gasteiger charge is -2.31. The third kappa shape index (κ3) is 8.04. The molecule has 0 aliphatic heterocycles. The molecular weight excluding hydrogens is 395 g/mol. The number of amides is 2. The Balaban J connectivity index is 2.04. The third-order valence-corrected chi connectivity index (χ3v) is 4.91. The molecule has 2 rings (SSSR count). The van der Waals surface area contributed by atoms with Crippen molar-refractivity contribution in [1.82, 2.24) is 10.2 Å². The lowest BCUT2D eigenvalue weighted by atomic mass is 10.1. The molecule has 5 nitrogen and oxygen atoms in total. The highest BCUT2D eigenvalue weighted by atomic mass is 19.1. The maximum absolute atomic E-state index is 13.3. The molecule has 0 fully saturated rings. The Morgan fingerprint density at radius 3 is 2.29 bits per heavy atom. The summed E-state index contributed by atoms with van der Waals surface area (Å²) in [6.07, 6.45) is 1.29. The molecule has 0 spiro atoms. The summed E-state index contributed by atoms with van der Waals surface area (Å²) < 4.78 is 19.0. The number of benzene rings is 2. The van der Waals surface area contributed by atoms with Gasteiger partial charge in [0.15, 0.2) is 0 Å². The minimum absolute atomic E-state index is 0.0211. The maximum atomic E-state index is 13.3. The topological polar surface area (TPSA) is 58.6 Å². The monoisotopic (exact) mass is 428 g/mol. The van der Waals surface area contributed by atoms with Gasteiger partial charge in [0.05, 0.1) is 6.61 Å². The molecule has 31 heavy (non-hydrogen) atoms. The van der Waals surface area contributed by atoms with Crippen LogP contribution >= 0.6 is 0 Å². The van der Waals surface area contributed by atoms with Crippen LogP contribution in [0.4, 0.5) is 4.39 Å². The first-order valence-electron chi connectivity index (χ1n) is 10.8. The number of carbonyl (C=O) groups is 2. The Labute approximate surface area is 184 Å². The molecule has 0 saturated carbocycles. The zero-order chi connectivity index (χ0) is 22.8. The van der Waals surface area contributed by atoms with E-state index in [1.54, 1.807) is 17.0 Å².